The Morgan fingerprint density at radius 1 is 1.23 bits per heavy atom. The van der Waals surface area contributed by atoms with Crippen LogP contribution in [0.3, 0.4) is 0 Å². The van der Waals surface area contributed by atoms with Gasteiger partial charge in [0.15, 0.2) is 5.76 Å². The summed E-state index contributed by atoms with van der Waals surface area (Å²) in [6.45, 7) is 0. The molecular formula is C15H10BrN5O5. The van der Waals surface area contributed by atoms with Crippen LogP contribution >= 0.6 is 15.9 Å². The van der Waals surface area contributed by atoms with Gasteiger partial charge in [-0.3, -0.25) is 25.8 Å². The molecule has 0 aliphatic carbocycles. The summed E-state index contributed by atoms with van der Waals surface area (Å²) in [6, 6.07) is 9.62. The highest BCUT2D eigenvalue weighted by atomic mass is 79.9. The molecule has 3 rings (SSSR count). The van der Waals surface area contributed by atoms with Crippen molar-refractivity contribution >= 4 is 33.3 Å². The largest absolute Gasteiger partial charge is 0.459 e. The van der Waals surface area contributed by atoms with E-state index in [1.165, 1.54) is 18.4 Å². The van der Waals surface area contributed by atoms with E-state index >= 15 is 0 Å². The molecule has 0 radical (unpaired) electrons. The molecule has 3 aromatic rings. The van der Waals surface area contributed by atoms with Gasteiger partial charge in [-0.2, -0.15) is 4.98 Å². The Bertz CT molecular complexity index is 930. The van der Waals surface area contributed by atoms with E-state index in [2.05, 4.69) is 36.7 Å². The third-order valence-electron chi connectivity index (χ3n) is 3.04. The SMILES string of the molecule is O=C(NNc1ncnc(Oc2ccc(Br)cc2)c1[N+](=O)[O-])c1ccco1. The summed E-state index contributed by atoms with van der Waals surface area (Å²) in [5.41, 5.74) is 4.10. The highest BCUT2D eigenvalue weighted by Crippen LogP contribution is 2.33. The number of nitrogens with one attached hydrogen (secondary N) is 2. The minimum absolute atomic E-state index is 0.0283. The van der Waals surface area contributed by atoms with Crippen molar-refractivity contribution < 1.29 is 18.9 Å². The molecule has 0 saturated heterocycles. The normalized spacial score (nSPS) is 10.2. The van der Waals surface area contributed by atoms with E-state index in [4.69, 9.17) is 9.15 Å². The zero-order valence-electron chi connectivity index (χ0n) is 12.9. The molecule has 2 N–H and O–H groups in total. The molecule has 2 aromatic heterocycles. The molecular weight excluding hydrogens is 410 g/mol. The predicted molar refractivity (Wildman–Crippen MR) is 92.7 cm³/mol. The molecule has 0 unspecified atom stereocenters. The molecule has 0 spiro atoms. The zero-order chi connectivity index (χ0) is 18.5. The number of aromatic nitrogens is 2. The van der Waals surface area contributed by atoms with E-state index in [0.29, 0.717) is 5.75 Å². The Hall–Kier alpha value is -3.47. The average Bonchev–Trinajstić information content (AvgIpc) is 3.16. The number of carbonyl (C=O) groups is 1. The van der Waals surface area contributed by atoms with Crippen molar-refractivity contribution in [3.05, 3.63) is 69.3 Å². The maximum Gasteiger partial charge on any atom is 0.374 e. The van der Waals surface area contributed by atoms with Crippen LogP contribution in [0.1, 0.15) is 10.6 Å². The first kappa shape index (κ1) is 17.4. The maximum atomic E-state index is 11.9. The minimum Gasteiger partial charge on any atom is -0.459 e. The molecule has 10 nitrogen and oxygen atoms in total. The summed E-state index contributed by atoms with van der Waals surface area (Å²) in [4.78, 5) is 30.1. The quantitative estimate of drug-likeness (QED) is 0.459. The fourth-order valence-electron chi connectivity index (χ4n) is 1.89. The van der Waals surface area contributed by atoms with Gasteiger partial charge in [-0.1, -0.05) is 15.9 Å². The third-order valence-corrected chi connectivity index (χ3v) is 3.57. The number of carbonyl (C=O) groups excluding carboxylic acids is 1. The van der Waals surface area contributed by atoms with Crippen molar-refractivity contribution in [3.63, 3.8) is 0 Å². The topological polar surface area (TPSA) is 132 Å². The molecule has 2 heterocycles. The van der Waals surface area contributed by atoms with Crippen molar-refractivity contribution in [3.8, 4) is 11.6 Å². The van der Waals surface area contributed by atoms with E-state index in [-0.39, 0.29) is 17.5 Å². The molecule has 0 aliphatic rings. The number of halogens is 1. The average molecular weight is 420 g/mol. The van der Waals surface area contributed by atoms with E-state index in [1.54, 1.807) is 24.3 Å². The summed E-state index contributed by atoms with van der Waals surface area (Å²) in [5, 5.41) is 11.4. The van der Waals surface area contributed by atoms with Crippen molar-refractivity contribution in [2.45, 2.75) is 0 Å². The molecule has 11 heteroatoms. The van der Waals surface area contributed by atoms with Gasteiger partial charge in [0.1, 0.15) is 12.1 Å². The number of hydrogen-bond donors (Lipinski definition) is 2. The van der Waals surface area contributed by atoms with Crippen molar-refractivity contribution in [2.75, 3.05) is 5.43 Å². The van der Waals surface area contributed by atoms with Gasteiger partial charge in [0.05, 0.1) is 11.2 Å². The summed E-state index contributed by atoms with van der Waals surface area (Å²) in [6.07, 6.45) is 2.40. The minimum atomic E-state index is -0.713. The number of nitro groups is 1. The summed E-state index contributed by atoms with van der Waals surface area (Å²) >= 11 is 3.28. The Kier molecular flexibility index (Phi) is 5.08. The highest BCUT2D eigenvalue weighted by Gasteiger charge is 2.25. The van der Waals surface area contributed by atoms with Gasteiger partial charge in [0.25, 0.3) is 0 Å². The molecule has 26 heavy (non-hydrogen) atoms. The van der Waals surface area contributed by atoms with Crippen LogP contribution in [0.5, 0.6) is 11.6 Å². The van der Waals surface area contributed by atoms with Crippen LogP contribution in [0.15, 0.2) is 57.9 Å². The molecule has 0 aliphatic heterocycles. The number of hydrogen-bond acceptors (Lipinski definition) is 8. The van der Waals surface area contributed by atoms with E-state index < -0.39 is 16.5 Å². The number of amides is 1. The van der Waals surface area contributed by atoms with Crippen LogP contribution in [-0.4, -0.2) is 20.8 Å². The number of rotatable bonds is 6. The van der Waals surface area contributed by atoms with Crippen LogP contribution in [0, 0.1) is 10.1 Å². The van der Waals surface area contributed by atoms with Gasteiger partial charge in [-0.15, -0.1) is 0 Å². The first-order valence-corrected chi connectivity index (χ1v) is 7.86. The second-order valence-electron chi connectivity index (χ2n) is 4.75. The van der Waals surface area contributed by atoms with Crippen molar-refractivity contribution in [2.24, 2.45) is 0 Å². The van der Waals surface area contributed by atoms with Crippen LogP contribution in [0.2, 0.25) is 0 Å². The standard InChI is InChI=1S/C15H10BrN5O5/c16-9-3-5-10(6-4-9)26-15-12(21(23)24)13(17-8-18-15)19-20-14(22)11-2-1-7-25-11/h1-8H,(H,20,22)(H,17,18,19). The van der Waals surface area contributed by atoms with E-state index in [1.807, 2.05) is 0 Å². The van der Waals surface area contributed by atoms with Crippen molar-refractivity contribution in [1.29, 1.82) is 0 Å². The van der Waals surface area contributed by atoms with Crippen LogP contribution in [0.25, 0.3) is 0 Å². The highest BCUT2D eigenvalue weighted by molar-refractivity contribution is 9.10. The number of benzene rings is 1. The Morgan fingerprint density at radius 2 is 2.00 bits per heavy atom. The zero-order valence-corrected chi connectivity index (χ0v) is 14.5. The lowest BCUT2D eigenvalue weighted by atomic mass is 10.3. The maximum absolute atomic E-state index is 11.9. The fourth-order valence-corrected chi connectivity index (χ4v) is 2.16. The van der Waals surface area contributed by atoms with Crippen LogP contribution < -0.4 is 15.6 Å². The van der Waals surface area contributed by atoms with E-state index in [0.717, 1.165) is 10.8 Å². The lowest BCUT2D eigenvalue weighted by molar-refractivity contribution is -0.385. The predicted octanol–water partition coefficient (Wildman–Crippen LogP) is 3.29. The van der Waals surface area contributed by atoms with Crippen LogP contribution in [-0.2, 0) is 0 Å². The second-order valence-corrected chi connectivity index (χ2v) is 5.66. The number of anilines is 1. The smallest absolute Gasteiger partial charge is 0.374 e. The fraction of sp³-hybridized carbons (Fsp3) is 0. The number of nitrogens with zero attached hydrogens (tertiary/aromatic N) is 3. The van der Waals surface area contributed by atoms with Gasteiger partial charge in [-0.25, -0.2) is 4.98 Å². The number of furan rings is 1. The summed E-state index contributed by atoms with van der Waals surface area (Å²) in [5.74, 6) is -0.765. The summed E-state index contributed by atoms with van der Waals surface area (Å²) in [7, 11) is 0. The van der Waals surface area contributed by atoms with Gasteiger partial charge in [-0.05, 0) is 36.4 Å². The van der Waals surface area contributed by atoms with E-state index in [9.17, 15) is 14.9 Å². The molecule has 0 atom stereocenters. The number of ether oxygens (including phenoxy) is 1. The molecule has 0 fully saturated rings. The monoisotopic (exact) mass is 419 g/mol. The lowest BCUT2D eigenvalue weighted by Gasteiger charge is -2.09. The van der Waals surface area contributed by atoms with Crippen molar-refractivity contribution in [1.82, 2.24) is 15.4 Å². The molecule has 0 saturated carbocycles. The first-order valence-electron chi connectivity index (χ1n) is 7.07. The molecule has 1 amide bonds. The van der Waals surface area contributed by atoms with Crippen LogP contribution in [0.4, 0.5) is 11.5 Å². The first-order chi connectivity index (χ1) is 12.5. The number of hydrazine groups is 1. The molecule has 1 aromatic carbocycles. The molecule has 0 bridgehead atoms. The lowest BCUT2D eigenvalue weighted by Crippen LogP contribution is -2.30. The Balaban J connectivity index is 1.82. The van der Waals surface area contributed by atoms with Gasteiger partial charge < -0.3 is 9.15 Å². The van der Waals surface area contributed by atoms with Gasteiger partial charge in [0, 0.05) is 4.47 Å². The second kappa shape index (κ2) is 7.61. The molecule has 132 valence electrons. The summed E-state index contributed by atoms with van der Waals surface area (Å²) < 4.78 is 11.2. The van der Waals surface area contributed by atoms with Gasteiger partial charge >= 0.3 is 17.5 Å². The Labute approximate surface area is 154 Å². The van der Waals surface area contributed by atoms with Gasteiger partial charge in [0.2, 0.25) is 5.82 Å². The Morgan fingerprint density at radius 3 is 2.65 bits per heavy atom. The third kappa shape index (κ3) is 3.95.